The molecule has 0 aliphatic rings. The second-order valence-corrected chi connectivity index (χ2v) is 5.49. The summed E-state index contributed by atoms with van der Waals surface area (Å²) in [6.07, 6.45) is -0.139. The Balaban J connectivity index is 2.31. The zero-order valence-corrected chi connectivity index (χ0v) is 13.4. The number of halogens is 3. The van der Waals surface area contributed by atoms with Gasteiger partial charge in [0.2, 0.25) is 5.95 Å². The molecule has 6 nitrogen and oxygen atoms in total. The molecular formula is C12H11BrClFN4O2. The summed E-state index contributed by atoms with van der Waals surface area (Å²) in [4.78, 5) is 11.6. The molecule has 0 saturated heterocycles. The highest BCUT2D eigenvalue weighted by Crippen LogP contribution is 2.33. The molecule has 0 spiro atoms. The predicted octanol–water partition coefficient (Wildman–Crippen LogP) is 3.59. The molecule has 0 bridgehead atoms. The molecule has 21 heavy (non-hydrogen) atoms. The summed E-state index contributed by atoms with van der Waals surface area (Å²) in [6, 6.07) is 2.39. The van der Waals surface area contributed by atoms with Crippen molar-refractivity contribution in [1.29, 1.82) is 0 Å². The third-order valence-electron chi connectivity index (χ3n) is 2.13. The summed E-state index contributed by atoms with van der Waals surface area (Å²) in [5, 5.41) is -0.0341. The summed E-state index contributed by atoms with van der Waals surface area (Å²) >= 11 is 8.86. The molecule has 0 radical (unpaired) electrons. The molecule has 1 aromatic heterocycles. The first-order valence-electron chi connectivity index (χ1n) is 5.85. The van der Waals surface area contributed by atoms with Gasteiger partial charge in [0.25, 0.3) is 0 Å². The Kier molecular flexibility index (Phi) is 4.79. The first-order valence-corrected chi connectivity index (χ1v) is 7.03. The molecule has 1 heterocycles. The molecule has 2 N–H and O–H groups in total. The lowest BCUT2D eigenvalue weighted by atomic mass is 10.3. The lowest BCUT2D eigenvalue weighted by Gasteiger charge is -2.10. The van der Waals surface area contributed by atoms with Gasteiger partial charge in [0.15, 0.2) is 0 Å². The van der Waals surface area contributed by atoms with E-state index in [2.05, 4.69) is 30.9 Å². The Hall–Kier alpha value is -1.67. The van der Waals surface area contributed by atoms with Crippen LogP contribution in [0.2, 0.25) is 5.02 Å². The zero-order chi connectivity index (χ0) is 15.6. The van der Waals surface area contributed by atoms with Gasteiger partial charge in [-0.2, -0.15) is 9.97 Å². The van der Waals surface area contributed by atoms with Gasteiger partial charge in [-0.3, -0.25) is 0 Å². The van der Waals surface area contributed by atoms with E-state index in [4.69, 9.17) is 26.8 Å². The van der Waals surface area contributed by atoms with E-state index >= 15 is 0 Å². The van der Waals surface area contributed by atoms with Crippen LogP contribution in [-0.4, -0.2) is 21.1 Å². The van der Waals surface area contributed by atoms with Gasteiger partial charge >= 0.3 is 12.0 Å². The Bertz CT molecular complexity index is 672. The summed E-state index contributed by atoms with van der Waals surface area (Å²) in [5.41, 5.74) is 5.55. The number of nitrogens with zero attached hydrogens (tertiary/aromatic N) is 3. The number of aromatic nitrogens is 3. The Morgan fingerprint density at radius 1 is 1.24 bits per heavy atom. The molecule has 0 fully saturated rings. The summed E-state index contributed by atoms with van der Waals surface area (Å²) in [5.74, 6) is -0.547. The number of ether oxygens (including phenoxy) is 2. The van der Waals surface area contributed by atoms with Gasteiger partial charge in [-0.15, -0.1) is 4.98 Å². The minimum atomic E-state index is -0.629. The van der Waals surface area contributed by atoms with E-state index in [1.807, 2.05) is 13.8 Å². The number of nitrogen functional groups attached to an aromatic ring is 1. The lowest BCUT2D eigenvalue weighted by Crippen LogP contribution is -2.11. The van der Waals surface area contributed by atoms with Crippen LogP contribution in [0.3, 0.4) is 0 Å². The molecular weight excluding hydrogens is 367 g/mol. The maximum Gasteiger partial charge on any atom is 0.330 e. The largest absolute Gasteiger partial charge is 0.461 e. The van der Waals surface area contributed by atoms with Gasteiger partial charge in [0.05, 0.1) is 15.6 Å². The molecule has 0 aliphatic heterocycles. The molecule has 0 atom stereocenters. The number of nitrogens with two attached hydrogens (primary N) is 1. The molecule has 112 valence electrons. The number of anilines is 1. The Morgan fingerprint density at radius 3 is 2.57 bits per heavy atom. The predicted molar refractivity (Wildman–Crippen MR) is 79.2 cm³/mol. The minimum absolute atomic E-state index is 0.0260. The monoisotopic (exact) mass is 376 g/mol. The molecule has 9 heteroatoms. The standard InChI is InChI=1S/C12H11BrClFN4O2/c1-5(2)20-11-17-10(16)18-12(19-11)21-9-4-8(15)7(14)3-6(9)13/h3-5H,1-2H3,(H2,16,17,18,19). The van der Waals surface area contributed by atoms with Crippen LogP contribution in [0.15, 0.2) is 16.6 Å². The number of benzene rings is 1. The van der Waals surface area contributed by atoms with Crippen LogP contribution >= 0.6 is 27.5 Å². The van der Waals surface area contributed by atoms with E-state index in [1.165, 1.54) is 6.07 Å². The van der Waals surface area contributed by atoms with Crippen molar-refractivity contribution in [3.63, 3.8) is 0 Å². The van der Waals surface area contributed by atoms with Crippen molar-refractivity contribution in [2.75, 3.05) is 5.73 Å². The maximum atomic E-state index is 13.5. The van der Waals surface area contributed by atoms with Crippen LogP contribution in [0.1, 0.15) is 13.8 Å². The molecule has 1 aromatic carbocycles. The van der Waals surface area contributed by atoms with Crippen molar-refractivity contribution < 1.29 is 13.9 Å². The average molecular weight is 378 g/mol. The van der Waals surface area contributed by atoms with Crippen molar-refractivity contribution in [2.24, 2.45) is 0 Å². The number of hydrogen-bond acceptors (Lipinski definition) is 6. The lowest BCUT2D eigenvalue weighted by molar-refractivity contribution is 0.218. The fourth-order valence-electron chi connectivity index (χ4n) is 1.34. The van der Waals surface area contributed by atoms with Crippen LogP contribution in [0, 0.1) is 5.82 Å². The summed E-state index contributed by atoms with van der Waals surface area (Å²) < 4.78 is 24.6. The third kappa shape index (κ3) is 4.15. The van der Waals surface area contributed by atoms with Gasteiger partial charge in [-0.05, 0) is 35.8 Å². The molecule has 2 aromatic rings. The first kappa shape index (κ1) is 15.7. The van der Waals surface area contributed by atoms with Crippen LogP contribution in [-0.2, 0) is 0 Å². The normalized spacial score (nSPS) is 10.8. The summed E-state index contributed by atoms with van der Waals surface area (Å²) in [7, 11) is 0. The van der Waals surface area contributed by atoms with Crippen LogP contribution in [0.4, 0.5) is 10.3 Å². The van der Waals surface area contributed by atoms with Crippen molar-refractivity contribution in [1.82, 2.24) is 15.0 Å². The quantitative estimate of drug-likeness (QED) is 0.820. The van der Waals surface area contributed by atoms with Crippen molar-refractivity contribution in [3.05, 3.63) is 27.4 Å². The average Bonchev–Trinajstić information content (AvgIpc) is 2.34. The Morgan fingerprint density at radius 2 is 1.90 bits per heavy atom. The van der Waals surface area contributed by atoms with Gasteiger partial charge < -0.3 is 15.2 Å². The number of rotatable bonds is 4. The topological polar surface area (TPSA) is 83.2 Å². The smallest absolute Gasteiger partial charge is 0.330 e. The second-order valence-electron chi connectivity index (χ2n) is 4.22. The van der Waals surface area contributed by atoms with Crippen molar-refractivity contribution in [3.8, 4) is 17.8 Å². The minimum Gasteiger partial charge on any atom is -0.461 e. The van der Waals surface area contributed by atoms with E-state index < -0.39 is 5.82 Å². The zero-order valence-electron chi connectivity index (χ0n) is 11.1. The highest BCUT2D eigenvalue weighted by atomic mass is 79.9. The highest BCUT2D eigenvalue weighted by Gasteiger charge is 2.13. The van der Waals surface area contributed by atoms with E-state index in [0.717, 1.165) is 6.07 Å². The third-order valence-corrected chi connectivity index (χ3v) is 3.04. The van der Waals surface area contributed by atoms with Crippen LogP contribution in [0.5, 0.6) is 17.8 Å². The fourth-order valence-corrected chi connectivity index (χ4v) is 2.06. The molecule has 0 saturated carbocycles. The van der Waals surface area contributed by atoms with Crippen molar-refractivity contribution in [2.45, 2.75) is 20.0 Å². The Labute approximate surface area is 133 Å². The van der Waals surface area contributed by atoms with E-state index in [-0.39, 0.29) is 34.8 Å². The SMILES string of the molecule is CC(C)Oc1nc(N)nc(Oc2cc(F)c(Cl)cc2Br)n1. The van der Waals surface area contributed by atoms with E-state index in [0.29, 0.717) is 4.47 Å². The molecule has 0 aliphatic carbocycles. The van der Waals surface area contributed by atoms with Crippen LogP contribution in [0.25, 0.3) is 0 Å². The molecule has 0 amide bonds. The van der Waals surface area contributed by atoms with Crippen molar-refractivity contribution >= 4 is 33.5 Å². The van der Waals surface area contributed by atoms with E-state index in [1.54, 1.807) is 0 Å². The van der Waals surface area contributed by atoms with E-state index in [9.17, 15) is 4.39 Å². The van der Waals surface area contributed by atoms with Crippen LogP contribution < -0.4 is 15.2 Å². The van der Waals surface area contributed by atoms with Gasteiger partial charge in [0, 0.05) is 6.07 Å². The van der Waals surface area contributed by atoms with Gasteiger partial charge in [-0.1, -0.05) is 11.6 Å². The maximum absolute atomic E-state index is 13.5. The summed E-state index contributed by atoms with van der Waals surface area (Å²) in [6.45, 7) is 3.62. The highest BCUT2D eigenvalue weighted by molar-refractivity contribution is 9.10. The first-order chi connectivity index (χ1) is 9.85. The fraction of sp³-hybridized carbons (Fsp3) is 0.250. The van der Waals surface area contributed by atoms with Gasteiger partial charge in [0.1, 0.15) is 11.6 Å². The van der Waals surface area contributed by atoms with Gasteiger partial charge in [-0.25, -0.2) is 4.39 Å². The molecule has 0 unspecified atom stereocenters. The second kappa shape index (κ2) is 6.40. The number of hydrogen-bond donors (Lipinski definition) is 1. The molecule has 2 rings (SSSR count).